The molecular formula is C23H16N4O3. The molecule has 5 rings (SSSR count). The largest absolute Gasteiger partial charge is 0.280 e. The fraction of sp³-hybridized carbons (Fsp3) is 0.0435. The van der Waals surface area contributed by atoms with Crippen molar-refractivity contribution in [3.05, 3.63) is 109 Å². The fourth-order valence-electron chi connectivity index (χ4n) is 3.54. The molecular weight excluding hydrogens is 380 g/mol. The van der Waals surface area contributed by atoms with Crippen LogP contribution >= 0.6 is 0 Å². The molecule has 0 saturated heterocycles. The van der Waals surface area contributed by atoms with Gasteiger partial charge in [0.25, 0.3) is 16.7 Å². The molecule has 30 heavy (non-hydrogen) atoms. The van der Waals surface area contributed by atoms with Crippen LogP contribution in [0.25, 0.3) is 33.3 Å². The number of aryl methyl sites for hydroxylation is 1. The Morgan fingerprint density at radius 1 is 0.733 bits per heavy atom. The average molecular weight is 396 g/mol. The molecule has 7 nitrogen and oxygen atoms in total. The molecule has 0 amide bonds. The summed E-state index contributed by atoms with van der Waals surface area (Å²) in [5.41, 5.74) is 0.761. The van der Waals surface area contributed by atoms with Gasteiger partial charge in [0.15, 0.2) is 0 Å². The molecule has 0 saturated carbocycles. The first kappa shape index (κ1) is 17.8. The van der Waals surface area contributed by atoms with Gasteiger partial charge < -0.3 is 0 Å². The molecule has 0 spiro atoms. The Kier molecular flexibility index (Phi) is 3.96. The summed E-state index contributed by atoms with van der Waals surface area (Å²) in [5.74, 6) is 0.0235. The van der Waals surface area contributed by atoms with E-state index in [4.69, 9.17) is 0 Å². The third-order valence-corrected chi connectivity index (χ3v) is 5.07. The number of para-hydroxylation sites is 1. The van der Waals surface area contributed by atoms with E-state index in [-0.39, 0.29) is 22.3 Å². The zero-order chi connectivity index (χ0) is 20.8. The summed E-state index contributed by atoms with van der Waals surface area (Å²) in [6.07, 6.45) is 0. The average Bonchev–Trinajstić information content (AvgIpc) is 2.77. The van der Waals surface area contributed by atoms with Gasteiger partial charge in [0.2, 0.25) is 5.95 Å². The van der Waals surface area contributed by atoms with Gasteiger partial charge in [0, 0.05) is 0 Å². The topological polar surface area (TPSA) is 89.8 Å². The highest BCUT2D eigenvalue weighted by Gasteiger charge is 2.17. The maximum Gasteiger partial charge on any atom is 0.280 e. The fourth-order valence-corrected chi connectivity index (χ4v) is 3.54. The molecule has 0 aliphatic carbocycles. The molecule has 0 unspecified atom stereocenters. The molecule has 5 aromatic rings. The van der Waals surface area contributed by atoms with Crippen LogP contribution in [0.3, 0.4) is 0 Å². The van der Waals surface area contributed by atoms with Gasteiger partial charge in [-0.25, -0.2) is 9.55 Å². The molecule has 0 atom stereocenters. The number of aromatic amines is 1. The normalized spacial score (nSPS) is 11.2. The van der Waals surface area contributed by atoms with E-state index >= 15 is 0 Å². The molecule has 7 heteroatoms. The van der Waals surface area contributed by atoms with Crippen LogP contribution in [-0.2, 0) is 0 Å². The standard InChI is InChI=1S/C23H16N4O3/c1-14-10-12-15(13-11-14)26-21(29)18-8-4-5-9-19(18)24-23(26)27-22(30)17-7-3-2-6-16(17)20(28)25-27/h2-13H,1H3,(H,25,28). The molecule has 3 aromatic carbocycles. The van der Waals surface area contributed by atoms with Crippen molar-refractivity contribution in [2.45, 2.75) is 6.92 Å². The first-order chi connectivity index (χ1) is 14.5. The minimum absolute atomic E-state index is 0.0235. The van der Waals surface area contributed by atoms with Gasteiger partial charge in [-0.3, -0.25) is 19.5 Å². The van der Waals surface area contributed by atoms with E-state index in [9.17, 15) is 14.4 Å². The van der Waals surface area contributed by atoms with E-state index in [2.05, 4.69) is 10.1 Å². The molecule has 0 radical (unpaired) electrons. The highest BCUT2D eigenvalue weighted by Crippen LogP contribution is 2.15. The van der Waals surface area contributed by atoms with Crippen molar-refractivity contribution in [1.82, 2.24) is 19.3 Å². The summed E-state index contributed by atoms with van der Waals surface area (Å²) in [5, 5.41) is 3.52. The Hall–Kier alpha value is -4.26. The molecule has 2 aromatic heterocycles. The van der Waals surface area contributed by atoms with Crippen molar-refractivity contribution in [3.8, 4) is 11.6 Å². The van der Waals surface area contributed by atoms with Gasteiger partial charge in [-0.15, -0.1) is 0 Å². The second kappa shape index (κ2) is 6.66. The Morgan fingerprint density at radius 2 is 1.37 bits per heavy atom. The van der Waals surface area contributed by atoms with E-state index in [0.29, 0.717) is 16.6 Å². The van der Waals surface area contributed by atoms with Crippen LogP contribution < -0.4 is 16.7 Å². The summed E-state index contributed by atoms with van der Waals surface area (Å²) in [6.45, 7) is 1.94. The number of hydrogen-bond acceptors (Lipinski definition) is 4. The molecule has 2 heterocycles. The zero-order valence-corrected chi connectivity index (χ0v) is 16.0. The van der Waals surface area contributed by atoms with E-state index < -0.39 is 11.1 Å². The molecule has 0 aliphatic rings. The monoisotopic (exact) mass is 396 g/mol. The van der Waals surface area contributed by atoms with Crippen LogP contribution in [0.2, 0.25) is 0 Å². The number of nitrogens with one attached hydrogen (secondary N) is 1. The highest BCUT2D eigenvalue weighted by molar-refractivity contribution is 5.81. The number of aromatic nitrogens is 4. The van der Waals surface area contributed by atoms with Gasteiger partial charge in [-0.1, -0.05) is 42.0 Å². The summed E-state index contributed by atoms with van der Waals surface area (Å²) >= 11 is 0. The minimum atomic E-state index is -0.465. The molecule has 0 bridgehead atoms. The number of H-pyrrole nitrogens is 1. The van der Waals surface area contributed by atoms with Gasteiger partial charge in [0.1, 0.15) is 0 Å². The third-order valence-electron chi connectivity index (χ3n) is 5.07. The Bertz CT molecular complexity index is 1610. The highest BCUT2D eigenvalue weighted by atomic mass is 16.2. The molecule has 0 aliphatic heterocycles. The minimum Gasteiger partial charge on any atom is -0.268 e. The van der Waals surface area contributed by atoms with Gasteiger partial charge >= 0.3 is 0 Å². The lowest BCUT2D eigenvalue weighted by Gasteiger charge is -2.15. The van der Waals surface area contributed by atoms with E-state index in [1.54, 1.807) is 60.7 Å². The predicted octanol–water partition coefficient (Wildman–Crippen LogP) is 2.69. The van der Waals surface area contributed by atoms with Crippen LogP contribution in [0.4, 0.5) is 0 Å². The van der Waals surface area contributed by atoms with Crippen LogP contribution in [0.1, 0.15) is 5.56 Å². The number of hydrogen-bond donors (Lipinski definition) is 1. The van der Waals surface area contributed by atoms with Crippen molar-refractivity contribution < 1.29 is 0 Å². The lowest BCUT2D eigenvalue weighted by Crippen LogP contribution is -2.34. The summed E-state index contributed by atoms with van der Waals surface area (Å²) in [6, 6.07) is 20.7. The lowest BCUT2D eigenvalue weighted by molar-refractivity contribution is 0.716. The van der Waals surface area contributed by atoms with Crippen LogP contribution in [0.5, 0.6) is 0 Å². The van der Waals surface area contributed by atoms with E-state index in [1.807, 2.05) is 19.1 Å². The SMILES string of the molecule is Cc1ccc(-n2c(-n3[nH]c(=O)c4ccccc4c3=O)nc3ccccc3c2=O)cc1. The lowest BCUT2D eigenvalue weighted by atomic mass is 10.2. The number of rotatable bonds is 2. The maximum atomic E-state index is 13.4. The Labute approximate surface area is 169 Å². The Balaban J connectivity index is 1.96. The predicted molar refractivity (Wildman–Crippen MR) is 116 cm³/mol. The maximum absolute atomic E-state index is 13.4. The number of benzene rings is 3. The third kappa shape index (κ3) is 2.68. The van der Waals surface area contributed by atoms with E-state index in [0.717, 1.165) is 10.2 Å². The molecule has 1 N–H and O–H groups in total. The first-order valence-corrected chi connectivity index (χ1v) is 9.38. The smallest absolute Gasteiger partial charge is 0.268 e. The van der Waals surface area contributed by atoms with E-state index in [1.165, 1.54) is 4.57 Å². The second-order valence-electron chi connectivity index (χ2n) is 7.03. The Morgan fingerprint density at radius 3 is 2.10 bits per heavy atom. The van der Waals surface area contributed by atoms with Gasteiger partial charge in [0.05, 0.1) is 27.4 Å². The summed E-state index contributed by atoms with van der Waals surface area (Å²) in [7, 11) is 0. The van der Waals surface area contributed by atoms with Crippen LogP contribution in [-0.4, -0.2) is 19.3 Å². The number of nitrogens with zero attached hydrogens (tertiary/aromatic N) is 3. The summed E-state index contributed by atoms with van der Waals surface area (Å²) in [4.78, 5) is 43.8. The van der Waals surface area contributed by atoms with Gasteiger partial charge in [-0.05, 0) is 43.3 Å². The van der Waals surface area contributed by atoms with Crippen LogP contribution in [0, 0.1) is 6.92 Å². The zero-order valence-electron chi connectivity index (χ0n) is 16.0. The number of fused-ring (bicyclic) bond motifs is 2. The molecule has 0 fully saturated rings. The van der Waals surface area contributed by atoms with Crippen LogP contribution in [0.15, 0.2) is 87.2 Å². The van der Waals surface area contributed by atoms with Crippen molar-refractivity contribution in [2.75, 3.05) is 0 Å². The van der Waals surface area contributed by atoms with Gasteiger partial charge in [-0.2, -0.15) is 4.68 Å². The quantitative estimate of drug-likeness (QED) is 0.497. The molecule has 146 valence electrons. The van der Waals surface area contributed by atoms with Crippen molar-refractivity contribution in [2.24, 2.45) is 0 Å². The second-order valence-corrected chi connectivity index (χ2v) is 7.03. The first-order valence-electron chi connectivity index (χ1n) is 9.38. The van der Waals surface area contributed by atoms with Crippen molar-refractivity contribution >= 4 is 21.7 Å². The van der Waals surface area contributed by atoms with Crippen molar-refractivity contribution in [3.63, 3.8) is 0 Å². The summed E-state index contributed by atoms with van der Waals surface area (Å²) < 4.78 is 2.38. The van der Waals surface area contributed by atoms with Crippen molar-refractivity contribution in [1.29, 1.82) is 0 Å².